The van der Waals surface area contributed by atoms with Crippen LogP contribution in [0.3, 0.4) is 0 Å². The second-order valence-corrected chi connectivity index (χ2v) is 15.3. The number of aromatic nitrogens is 2. The Morgan fingerprint density at radius 2 is 1.61 bits per heavy atom. The van der Waals surface area contributed by atoms with E-state index in [4.69, 9.17) is 4.98 Å². The molecule has 0 amide bonds. The summed E-state index contributed by atoms with van der Waals surface area (Å²) in [6, 6.07) is 20.6. The molecule has 261 valence electrons. The maximum atomic E-state index is 11.7. The van der Waals surface area contributed by atoms with Gasteiger partial charge in [-0.15, -0.1) is 40.5 Å². The van der Waals surface area contributed by atoms with Crippen LogP contribution in [0.4, 0.5) is 0 Å². The van der Waals surface area contributed by atoms with E-state index in [1.807, 2.05) is 45.9 Å². The molecule has 49 heavy (non-hydrogen) atoms. The predicted molar refractivity (Wildman–Crippen MR) is 203 cm³/mol. The van der Waals surface area contributed by atoms with Crippen LogP contribution in [0.5, 0.6) is 0 Å². The molecule has 0 saturated heterocycles. The van der Waals surface area contributed by atoms with Gasteiger partial charge in [-0.3, -0.25) is 9.78 Å². The summed E-state index contributed by atoms with van der Waals surface area (Å²) in [7, 11) is 0. The van der Waals surface area contributed by atoms with Crippen molar-refractivity contribution in [3.8, 4) is 17.3 Å². The normalized spacial score (nSPS) is 12.0. The summed E-state index contributed by atoms with van der Waals surface area (Å²) in [5.41, 5.74) is 6.33. The Morgan fingerprint density at radius 3 is 2.20 bits per heavy atom. The Hall–Kier alpha value is -3.43. The van der Waals surface area contributed by atoms with E-state index < -0.39 is 0 Å². The summed E-state index contributed by atoms with van der Waals surface area (Å²) in [6.45, 7) is 19.3. The van der Waals surface area contributed by atoms with E-state index in [0.717, 1.165) is 64.4 Å². The predicted octanol–water partition coefficient (Wildman–Crippen LogP) is 11.9. The number of ketones is 1. The number of carbonyl (C=O) groups is 1. The molecule has 0 atom stereocenters. The van der Waals surface area contributed by atoms with Gasteiger partial charge in [-0.2, -0.15) is 5.26 Å². The molecule has 1 N–H and O–H groups in total. The number of thiophene rings is 1. The number of rotatable bonds is 10. The van der Waals surface area contributed by atoms with Crippen molar-refractivity contribution in [1.29, 1.82) is 5.26 Å². The molecule has 0 aliphatic carbocycles. The number of nitrogens with zero attached hydrogens (tertiary/aromatic N) is 3. The van der Waals surface area contributed by atoms with Gasteiger partial charge in [-0.05, 0) is 55.1 Å². The number of aliphatic hydroxyl groups excluding tert-OH is 1. The summed E-state index contributed by atoms with van der Waals surface area (Å²) in [4.78, 5) is 21.1. The van der Waals surface area contributed by atoms with Crippen molar-refractivity contribution >= 4 is 48.2 Å². The Kier molecular flexibility index (Phi) is 14.3. The summed E-state index contributed by atoms with van der Waals surface area (Å²) in [5.74, 6) is 0.889. The van der Waals surface area contributed by atoms with Crippen molar-refractivity contribution in [2.45, 2.75) is 100 Å². The molecular weight excluding hydrogens is 803 g/mol. The number of hydrogen-bond acceptors (Lipinski definition) is 6. The first-order valence-electron chi connectivity index (χ1n) is 17.3. The molecule has 5 aromatic rings. The molecule has 0 unspecified atom stereocenters. The molecule has 0 bridgehead atoms. The van der Waals surface area contributed by atoms with Gasteiger partial charge in [0.05, 0.1) is 17.3 Å². The van der Waals surface area contributed by atoms with Gasteiger partial charge in [0.15, 0.2) is 5.78 Å². The monoisotopic (exact) mass is 853 g/mol. The largest absolute Gasteiger partial charge is 0.512 e. The van der Waals surface area contributed by atoms with Crippen molar-refractivity contribution in [1.82, 2.24) is 9.97 Å². The molecule has 2 heterocycles. The third-order valence-corrected chi connectivity index (χ3v) is 10.2. The van der Waals surface area contributed by atoms with E-state index in [0.29, 0.717) is 11.5 Å². The van der Waals surface area contributed by atoms with E-state index in [1.165, 1.54) is 27.3 Å². The third kappa shape index (κ3) is 9.63. The second-order valence-electron chi connectivity index (χ2n) is 14.2. The van der Waals surface area contributed by atoms with Crippen molar-refractivity contribution in [3.63, 3.8) is 0 Å². The fraction of sp³-hybridized carbons (Fsp3) is 0.429. The minimum absolute atomic E-state index is 0. The van der Waals surface area contributed by atoms with Crippen LogP contribution in [0, 0.1) is 34.6 Å². The van der Waals surface area contributed by atoms with E-state index in [2.05, 4.69) is 76.0 Å². The van der Waals surface area contributed by atoms with Crippen LogP contribution in [0.2, 0.25) is 0 Å². The number of carbonyl (C=O) groups excluding carboxylic acids is 1. The van der Waals surface area contributed by atoms with Gasteiger partial charge in [0.25, 0.3) is 0 Å². The number of hydrogen-bond donors (Lipinski definition) is 1. The van der Waals surface area contributed by atoms with E-state index in [-0.39, 0.29) is 48.9 Å². The SMILES string of the molecule is CC(C)c1cc(-c2ncnc3c2sc2cc(CC(C)(C)C)ccc23)[c-]c2cc(C#N)ccc12.CCC(CC)C(=O)/C=C(\O)C(CC)CC.[Ir]. The molecule has 3 aromatic carbocycles. The maximum Gasteiger partial charge on any atom is 0.162 e. The summed E-state index contributed by atoms with van der Waals surface area (Å²) in [6.07, 6.45) is 7.60. The van der Waals surface area contributed by atoms with Crippen molar-refractivity contribution in [2.24, 2.45) is 17.3 Å². The standard InChI is InChI=1S/C29H26N3S.C13H24O2.Ir/c1-17(2)24-13-21(12-20-10-19(15-30)7-8-22(20)24)26-28-27(32-16-31-26)23-9-6-18(11-25(23)33-28)14-29(3,4)5;1-5-10(6-2)12(14)9-13(15)11(7-3)8-4;/h6-11,13,16-17H,14H2,1-5H3;9-11,14H,5-8H2,1-4H3;/q-1;;/b;12-9-;. The van der Waals surface area contributed by atoms with E-state index in [1.54, 1.807) is 17.7 Å². The zero-order valence-electron chi connectivity index (χ0n) is 30.4. The number of aliphatic hydroxyl groups is 1. The minimum Gasteiger partial charge on any atom is -0.512 e. The fourth-order valence-corrected chi connectivity index (χ4v) is 7.52. The minimum atomic E-state index is 0. The van der Waals surface area contributed by atoms with Gasteiger partial charge in [-0.1, -0.05) is 97.5 Å². The molecule has 1 radical (unpaired) electrons. The van der Waals surface area contributed by atoms with Gasteiger partial charge in [-0.25, -0.2) is 4.98 Å². The average Bonchev–Trinajstić information content (AvgIpc) is 3.42. The molecule has 0 saturated carbocycles. The van der Waals surface area contributed by atoms with Gasteiger partial charge in [0, 0.05) is 64.1 Å². The maximum absolute atomic E-state index is 11.7. The van der Waals surface area contributed by atoms with Crippen molar-refractivity contribution in [3.05, 3.63) is 83.4 Å². The van der Waals surface area contributed by atoms with Gasteiger partial charge in [0.1, 0.15) is 6.33 Å². The Bertz CT molecular complexity index is 1970. The van der Waals surface area contributed by atoms with Crippen LogP contribution in [-0.4, -0.2) is 20.9 Å². The first-order valence-corrected chi connectivity index (χ1v) is 18.2. The fourth-order valence-electron chi connectivity index (χ4n) is 6.30. The second kappa shape index (κ2) is 17.5. The molecular formula is C42H50IrN3O2S-. The number of allylic oxidation sites excluding steroid dienone is 2. The zero-order chi connectivity index (χ0) is 35.2. The van der Waals surface area contributed by atoms with Crippen LogP contribution in [0.15, 0.2) is 60.6 Å². The molecule has 0 aliphatic heterocycles. The Labute approximate surface area is 310 Å². The van der Waals surface area contributed by atoms with Gasteiger partial charge >= 0.3 is 0 Å². The van der Waals surface area contributed by atoms with Crippen LogP contribution >= 0.6 is 11.3 Å². The number of nitriles is 1. The zero-order valence-corrected chi connectivity index (χ0v) is 33.6. The summed E-state index contributed by atoms with van der Waals surface area (Å²) in [5, 5.41) is 22.4. The van der Waals surface area contributed by atoms with Crippen LogP contribution in [0.1, 0.15) is 111 Å². The Morgan fingerprint density at radius 1 is 0.959 bits per heavy atom. The van der Waals surface area contributed by atoms with Crippen LogP contribution in [0.25, 0.3) is 42.3 Å². The topological polar surface area (TPSA) is 86.9 Å². The quantitative estimate of drug-likeness (QED) is 0.0859. The first kappa shape index (κ1) is 40.0. The molecule has 5 nitrogen and oxygen atoms in total. The van der Waals surface area contributed by atoms with E-state index >= 15 is 0 Å². The third-order valence-electron chi connectivity index (χ3n) is 9.04. The average molecular weight is 853 g/mol. The van der Waals surface area contributed by atoms with Gasteiger partial charge < -0.3 is 5.11 Å². The molecule has 2 aromatic heterocycles. The summed E-state index contributed by atoms with van der Waals surface area (Å²) >= 11 is 1.75. The molecule has 0 spiro atoms. The Balaban J connectivity index is 0.000000347. The number of fused-ring (bicyclic) bond motifs is 4. The molecule has 7 heteroatoms. The van der Waals surface area contributed by atoms with E-state index in [9.17, 15) is 15.2 Å². The summed E-state index contributed by atoms with van der Waals surface area (Å²) < 4.78 is 2.33. The molecule has 5 rings (SSSR count). The van der Waals surface area contributed by atoms with Crippen LogP contribution in [-0.2, 0) is 31.3 Å². The molecule has 0 aliphatic rings. The smallest absolute Gasteiger partial charge is 0.162 e. The van der Waals surface area contributed by atoms with Crippen LogP contribution < -0.4 is 0 Å². The van der Waals surface area contributed by atoms with Gasteiger partial charge in [0.2, 0.25) is 0 Å². The number of benzene rings is 3. The first-order chi connectivity index (χ1) is 22.8. The van der Waals surface area contributed by atoms with Crippen molar-refractivity contribution in [2.75, 3.05) is 0 Å². The molecule has 0 fully saturated rings. The van der Waals surface area contributed by atoms with Crippen molar-refractivity contribution < 1.29 is 30.0 Å².